The minimum Gasteiger partial charge on any atom is -0.399 e. The summed E-state index contributed by atoms with van der Waals surface area (Å²) < 4.78 is 13.7. The molecule has 0 spiro atoms. The largest absolute Gasteiger partial charge is 0.399 e. The van der Waals surface area contributed by atoms with Crippen LogP contribution in [0.2, 0.25) is 0 Å². The number of hydrogen-bond acceptors (Lipinski definition) is 3. The van der Waals surface area contributed by atoms with Crippen molar-refractivity contribution in [1.82, 2.24) is 9.80 Å². The Balaban J connectivity index is 2.14. The summed E-state index contributed by atoms with van der Waals surface area (Å²) in [6, 6.07) is 4.42. The number of carbonyl (C=O) groups excluding carboxylic acids is 1. The fourth-order valence-corrected chi connectivity index (χ4v) is 2.53. The van der Waals surface area contributed by atoms with Crippen LogP contribution in [-0.4, -0.2) is 47.9 Å². The number of hydrogen-bond donors (Lipinski definition) is 1. The third-order valence-electron chi connectivity index (χ3n) is 3.68. The van der Waals surface area contributed by atoms with Gasteiger partial charge in [0.25, 0.3) is 5.91 Å². The molecule has 1 saturated heterocycles. The van der Waals surface area contributed by atoms with Crippen LogP contribution in [0.25, 0.3) is 0 Å². The quantitative estimate of drug-likeness (QED) is 0.826. The minimum absolute atomic E-state index is 0.0668. The minimum atomic E-state index is -0.509. The number of anilines is 1. The van der Waals surface area contributed by atoms with Gasteiger partial charge in [0.1, 0.15) is 5.82 Å². The molecular formula is C14H20FN3O. The molecule has 0 bridgehead atoms. The first-order valence-corrected chi connectivity index (χ1v) is 6.61. The average molecular weight is 265 g/mol. The summed E-state index contributed by atoms with van der Waals surface area (Å²) in [5.74, 6) is -0.780. The fraction of sp³-hybridized carbons (Fsp3) is 0.500. The molecule has 1 fully saturated rings. The number of halogens is 1. The normalized spacial score (nSPS) is 20.6. The van der Waals surface area contributed by atoms with E-state index in [1.165, 1.54) is 18.2 Å². The Hall–Kier alpha value is -1.62. The number of piperazine rings is 1. The van der Waals surface area contributed by atoms with Crippen molar-refractivity contribution in [2.45, 2.75) is 19.9 Å². The SMILES string of the molecule is CCN1CCN(C(=O)c2cc(N)ccc2F)CC1C. The van der Waals surface area contributed by atoms with Gasteiger partial charge in [0.2, 0.25) is 0 Å². The third kappa shape index (κ3) is 2.87. The Bertz CT molecular complexity index is 478. The van der Waals surface area contributed by atoms with Gasteiger partial charge in [-0.15, -0.1) is 0 Å². The van der Waals surface area contributed by atoms with Crippen LogP contribution in [0.5, 0.6) is 0 Å². The van der Waals surface area contributed by atoms with Crippen LogP contribution in [0.4, 0.5) is 10.1 Å². The number of likely N-dealkylation sites (N-methyl/N-ethyl adjacent to an activating group) is 1. The standard InChI is InChI=1S/C14H20FN3O/c1-3-17-6-7-18(9-10(17)2)14(19)12-8-11(16)4-5-13(12)15/h4-5,8,10H,3,6-7,9,16H2,1-2H3. The summed E-state index contributed by atoms with van der Waals surface area (Å²) in [5.41, 5.74) is 6.09. The lowest BCUT2D eigenvalue weighted by molar-refractivity contribution is 0.0524. The summed E-state index contributed by atoms with van der Waals surface area (Å²) in [7, 11) is 0. The fourth-order valence-electron chi connectivity index (χ4n) is 2.53. The lowest BCUT2D eigenvalue weighted by Gasteiger charge is -2.39. The molecule has 0 aromatic heterocycles. The van der Waals surface area contributed by atoms with Crippen molar-refractivity contribution in [3.63, 3.8) is 0 Å². The van der Waals surface area contributed by atoms with Crippen molar-refractivity contribution in [3.05, 3.63) is 29.6 Å². The zero-order valence-corrected chi connectivity index (χ0v) is 11.4. The summed E-state index contributed by atoms with van der Waals surface area (Å²) in [4.78, 5) is 16.3. The molecule has 1 unspecified atom stereocenters. The number of nitrogen functional groups attached to an aromatic ring is 1. The molecule has 19 heavy (non-hydrogen) atoms. The number of nitrogens with zero attached hydrogens (tertiary/aromatic N) is 2. The van der Waals surface area contributed by atoms with Gasteiger partial charge in [-0.05, 0) is 31.7 Å². The highest BCUT2D eigenvalue weighted by Gasteiger charge is 2.27. The van der Waals surface area contributed by atoms with Crippen molar-refractivity contribution in [3.8, 4) is 0 Å². The molecule has 4 nitrogen and oxygen atoms in total. The highest BCUT2D eigenvalue weighted by atomic mass is 19.1. The molecule has 0 aliphatic carbocycles. The van der Waals surface area contributed by atoms with Crippen LogP contribution in [0.3, 0.4) is 0 Å². The first-order chi connectivity index (χ1) is 9.02. The van der Waals surface area contributed by atoms with Gasteiger partial charge >= 0.3 is 0 Å². The maximum Gasteiger partial charge on any atom is 0.257 e. The van der Waals surface area contributed by atoms with Gasteiger partial charge in [-0.1, -0.05) is 6.92 Å². The zero-order valence-electron chi connectivity index (χ0n) is 11.4. The summed E-state index contributed by atoms with van der Waals surface area (Å²) in [5, 5.41) is 0. The van der Waals surface area contributed by atoms with Crippen LogP contribution in [0, 0.1) is 5.82 Å². The summed E-state index contributed by atoms with van der Waals surface area (Å²) >= 11 is 0. The van der Waals surface area contributed by atoms with E-state index in [0.29, 0.717) is 24.8 Å². The molecule has 1 atom stereocenters. The van der Waals surface area contributed by atoms with Gasteiger partial charge in [0, 0.05) is 31.4 Å². The van der Waals surface area contributed by atoms with Crippen molar-refractivity contribution < 1.29 is 9.18 Å². The van der Waals surface area contributed by atoms with Gasteiger partial charge in [0.15, 0.2) is 0 Å². The van der Waals surface area contributed by atoms with Crippen molar-refractivity contribution in [2.24, 2.45) is 0 Å². The Labute approximate surface area is 113 Å². The maximum atomic E-state index is 13.7. The Morgan fingerprint density at radius 3 is 2.84 bits per heavy atom. The molecule has 1 heterocycles. The van der Waals surface area contributed by atoms with E-state index in [-0.39, 0.29) is 11.5 Å². The predicted molar refractivity (Wildman–Crippen MR) is 73.4 cm³/mol. The first kappa shape index (κ1) is 13.8. The number of nitrogens with two attached hydrogens (primary N) is 1. The Morgan fingerprint density at radius 1 is 1.47 bits per heavy atom. The summed E-state index contributed by atoms with van der Waals surface area (Å²) in [6.45, 7) is 7.24. The smallest absolute Gasteiger partial charge is 0.257 e. The van der Waals surface area contributed by atoms with Gasteiger partial charge in [-0.2, -0.15) is 0 Å². The Morgan fingerprint density at radius 2 is 2.21 bits per heavy atom. The van der Waals surface area contributed by atoms with Crippen LogP contribution in [0.15, 0.2) is 18.2 Å². The predicted octanol–water partition coefficient (Wildman–Crippen LogP) is 1.57. The molecule has 0 saturated carbocycles. The second kappa shape index (κ2) is 5.57. The van der Waals surface area contributed by atoms with Gasteiger partial charge in [-0.25, -0.2) is 4.39 Å². The molecule has 2 N–H and O–H groups in total. The van der Waals surface area contributed by atoms with E-state index in [0.717, 1.165) is 13.1 Å². The number of rotatable bonds is 2. The van der Waals surface area contributed by atoms with Gasteiger partial charge in [-0.3, -0.25) is 9.69 Å². The number of benzene rings is 1. The zero-order chi connectivity index (χ0) is 14.0. The molecule has 1 aliphatic rings. The number of amides is 1. The van der Waals surface area contributed by atoms with Crippen LogP contribution in [0.1, 0.15) is 24.2 Å². The van der Waals surface area contributed by atoms with Crippen LogP contribution < -0.4 is 5.73 Å². The van der Waals surface area contributed by atoms with Gasteiger partial charge < -0.3 is 10.6 Å². The molecule has 1 aliphatic heterocycles. The van der Waals surface area contributed by atoms with Crippen LogP contribution in [-0.2, 0) is 0 Å². The molecule has 1 aromatic carbocycles. The van der Waals surface area contributed by atoms with Crippen molar-refractivity contribution in [1.29, 1.82) is 0 Å². The van der Waals surface area contributed by atoms with E-state index in [9.17, 15) is 9.18 Å². The monoisotopic (exact) mass is 265 g/mol. The van der Waals surface area contributed by atoms with E-state index in [1.54, 1.807) is 4.90 Å². The number of carbonyl (C=O) groups is 1. The van der Waals surface area contributed by atoms with Crippen molar-refractivity contribution in [2.75, 3.05) is 31.9 Å². The lowest BCUT2D eigenvalue weighted by atomic mass is 10.1. The van der Waals surface area contributed by atoms with E-state index < -0.39 is 5.82 Å². The van der Waals surface area contributed by atoms with E-state index in [2.05, 4.69) is 18.7 Å². The Kier molecular flexibility index (Phi) is 4.04. The maximum absolute atomic E-state index is 13.7. The third-order valence-corrected chi connectivity index (χ3v) is 3.68. The molecule has 0 radical (unpaired) electrons. The van der Waals surface area contributed by atoms with Crippen LogP contribution >= 0.6 is 0 Å². The van der Waals surface area contributed by atoms with E-state index >= 15 is 0 Å². The second-order valence-corrected chi connectivity index (χ2v) is 4.97. The lowest BCUT2D eigenvalue weighted by Crippen LogP contribution is -2.53. The summed E-state index contributed by atoms with van der Waals surface area (Å²) in [6.07, 6.45) is 0. The van der Waals surface area contributed by atoms with E-state index in [1.807, 2.05) is 0 Å². The molecule has 1 amide bonds. The molecule has 2 rings (SSSR count). The molecule has 1 aromatic rings. The topological polar surface area (TPSA) is 49.6 Å². The van der Waals surface area contributed by atoms with Crippen molar-refractivity contribution >= 4 is 11.6 Å². The molecular weight excluding hydrogens is 245 g/mol. The second-order valence-electron chi connectivity index (χ2n) is 4.97. The first-order valence-electron chi connectivity index (χ1n) is 6.61. The molecule has 5 heteroatoms. The average Bonchev–Trinajstić information content (AvgIpc) is 2.40. The molecule has 104 valence electrons. The van der Waals surface area contributed by atoms with E-state index in [4.69, 9.17) is 5.73 Å². The highest BCUT2D eigenvalue weighted by Crippen LogP contribution is 2.17. The van der Waals surface area contributed by atoms with Gasteiger partial charge in [0.05, 0.1) is 5.56 Å². The highest BCUT2D eigenvalue weighted by molar-refractivity contribution is 5.95.